The minimum atomic E-state index is -0.735. The number of thioether (sulfide) groups is 1. The maximum atomic E-state index is 14.2. The predicted molar refractivity (Wildman–Crippen MR) is 217 cm³/mol. The number of ether oxygens (including phenoxy) is 2. The third-order valence-electron chi connectivity index (χ3n) is 7.85. The zero-order valence-electron chi connectivity index (χ0n) is 29.1. The molecule has 0 saturated carbocycles. The summed E-state index contributed by atoms with van der Waals surface area (Å²) < 4.78 is 12.6. The highest BCUT2D eigenvalue weighted by molar-refractivity contribution is 9.10. The molecule has 3 amide bonds. The Bertz CT molecular complexity index is 2040. The van der Waals surface area contributed by atoms with Gasteiger partial charge < -0.3 is 14.8 Å². The topological polar surface area (TPSA) is 97.3 Å². The molecule has 0 spiro atoms. The fraction of sp³-hybridized carbons (Fsp3) is 0.143. The summed E-state index contributed by atoms with van der Waals surface area (Å²) >= 11 is 10.6. The van der Waals surface area contributed by atoms with Gasteiger partial charge in [-0.1, -0.05) is 121 Å². The van der Waals surface area contributed by atoms with Gasteiger partial charge in [0.15, 0.2) is 16.7 Å². The molecular formula is C42H37BrClN3O5S. The summed E-state index contributed by atoms with van der Waals surface area (Å²) in [7, 11) is 0. The molecule has 0 unspecified atom stereocenters. The molecule has 1 aliphatic rings. The molecule has 4 aromatic carbocycles. The van der Waals surface area contributed by atoms with E-state index in [1.54, 1.807) is 55.5 Å². The van der Waals surface area contributed by atoms with Crippen LogP contribution in [0.15, 0.2) is 149 Å². The van der Waals surface area contributed by atoms with Crippen molar-refractivity contribution in [2.45, 2.75) is 26.5 Å². The Morgan fingerprint density at radius 3 is 2.26 bits per heavy atom. The highest BCUT2D eigenvalue weighted by Gasteiger charge is 2.35. The highest BCUT2D eigenvalue weighted by atomic mass is 79.9. The molecule has 0 aromatic heterocycles. The van der Waals surface area contributed by atoms with Crippen LogP contribution in [0.5, 0.6) is 11.5 Å². The maximum absolute atomic E-state index is 14.2. The molecule has 1 heterocycles. The van der Waals surface area contributed by atoms with Gasteiger partial charge in [0.05, 0.1) is 22.9 Å². The van der Waals surface area contributed by atoms with E-state index in [0.29, 0.717) is 38.9 Å². The van der Waals surface area contributed by atoms with Gasteiger partial charge >= 0.3 is 0 Å². The Morgan fingerprint density at radius 1 is 1.00 bits per heavy atom. The molecular weight excluding hydrogens is 774 g/mol. The van der Waals surface area contributed by atoms with Crippen LogP contribution in [0.4, 0.5) is 0 Å². The van der Waals surface area contributed by atoms with Crippen LogP contribution in [0.1, 0.15) is 42.1 Å². The first kappa shape index (κ1) is 39.1. The van der Waals surface area contributed by atoms with Crippen molar-refractivity contribution >= 4 is 68.3 Å². The minimum absolute atomic E-state index is 0.0761. The fourth-order valence-electron chi connectivity index (χ4n) is 5.37. The molecule has 0 aliphatic carbocycles. The van der Waals surface area contributed by atoms with Crippen LogP contribution >= 0.6 is 39.3 Å². The first-order chi connectivity index (χ1) is 25.7. The van der Waals surface area contributed by atoms with E-state index in [1.807, 2.05) is 79.7 Å². The number of hydrogen-bond acceptors (Lipinski definition) is 6. The number of amides is 3. The van der Waals surface area contributed by atoms with Crippen molar-refractivity contribution in [1.29, 1.82) is 0 Å². The van der Waals surface area contributed by atoms with E-state index < -0.39 is 17.9 Å². The molecule has 8 nitrogen and oxygen atoms in total. The number of aliphatic imine (C=N–C) groups is 1. The molecule has 0 radical (unpaired) electrons. The minimum Gasteiger partial charge on any atom is -0.490 e. The van der Waals surface area contributed by atoms with Gasteiger partial charge in [-0.15, -0.1) is 0 Å². The Hall–Kier alpha value is -5.16. The van der Waals surface area contributed by atoms with Gasteiger partial charge in [-0.2, -0.15) is 4.99 Å². The molecule has 1 N–H and O–H groups in total. The lowest BCUT2D eigenvalue weighted by atomic mass is 9.99. The highest BCUT2D eigenvalue weighted by Crippen LogP contribution is 2.39. The third kappa shape index (κ3) is 10.3. The number of hydrogen-bond donors (Lipinski definition) is 1. The number of halogens is 2. The zero-order valence-corrected chi connectivity index (χ0v) is 32.3. The lowest BCUT2D eigenvalue weighted by molar-refractivity contribution is -0.126. The Labute approximate surface area is 327 Å². The van der Waals surface area contributed by atoms with Crippen LogP contribution in [-0.2, 0) is 21.0 Å². The maximum Gasteiger partial charge on any atom is 0.285 e. The molecule has 5 rings (SSSR count). The van der Waals surface area contributed by atoms with Crippen molar-refractivity contribution < 1.29 is 23.9 Å². The normalized spacial score (nSPS) is 14.1. The van der Waals surface area contributed by atoms with Crippen LogP contribution in [0, 0.1) is 0 Å². The number of nitrogens with one attached hydrogen (secondary N) is 1. The van der Waals surface area contributed by atoms with Gasteiger partial charge in [0.2, 0.25) is 5.91 Å². The van der Waals surface area contributed by atoms with Gasteiger partial charge in [-0.3, -0.25) is 19.3 Å². The molecule has 1 aliphatic heterocycles. The summed E-state index contributed by atoms with van der Waals surface area (Å²) in [6, 6.07) is 29.7. The molecule has 0 bridgehead atoms. The third-order valence-corrected chi connectivity index (χ3v) is 9.63. The van der Waals surface area contributed by atoms with Crippen molar-refractivity contribution in [2.75, 3.05) is 12.4 Å². The van der Waals surface area contributed by atoms with E-state index in [9.17, 15) is 14.4 Å². The zero-order chi connectivity index (χ0) is 37.7. The van der Waals surface area contributed by atoms with Crippen LogP contribution < -0.4 is 14.8 Å². The summed E-state index contributed by atoms with van der Waals surface area (Å²) in [5.41, 5.74) is 3.55. The summed E-state index contributed by atoms with van der Waals surface area (Å²) in [5.74, 6) is -0.844. The second kappa shape index (κ2) is 19.1. The van der Waals surface area contributed by atoms with E-state index in [0.717, 1.165) is 28.5 Å². The quantitative estimate of drug-likeness (QED) is 0.0775. The summed E-state index contributed by atoms with van der Waals surface area (Å²) in [6.45, 7) is 7.97. The largest absolute Gasteiger partial charge is 0.490 e. The molecule has 4 aromatic rings. The number of allylic oxidation sites excluding steroid dienone is 4. The molecule has 0 saturated heterocycles. The Morgan fingerprint density at radius 2 is 1.66 bits per heavy atom. The molecule has 53 heavy (non-hydrogen) atoms. The van der Waals surface area contributed by atoms with Gasteiger partial charge in [-0.05, 0) is 88.4 Å². The average molecular weight is 811 g/mol. The van der Waals surface area contributed by atoms with Gasteiger partial charge in [0.1, 0.15) is 12.2 Å². The van der Waals surface area contributed by atoms with Crippen molar-refractivity contribution in [3.8, 4) is 11.5 Å². The number of benzene rings is 4. The van der Waals surface area contributed by atoms with Gasteiger partial charge in [0.25, 0.3) is 11.8 Å². The molecule has 270 valence electrons. The second-order valence-electron chi connectivity index (χ2n) is 11.5. The first-order valence-corrected chi connectivity index (χ1v) is 18.9. The van der Waals surface area contributed by atoms with E-state index in [2.05, 4.69) is 32.8 Å². The summed E-state index contributed by atoms with van der Waals surface area (Å²) in [6.07, 6.45) is 8.13. The number of rotatable bonds is 14. The van der Waals surface area contributed by atoms with E-state index in [4.69, 9.17) is 21.1 Å². The van der Waals surface area contributed by atoms with Crippen molar-refractivity contribution in [1.82, 2.24) is 10.2 Å². The SMILES string of the molecule is C=C/C=C\C(=C/C)N1C(=O)/C(=C/c2cc(Br)c(OCc3ccc(Cl)cc3)c(OCC)c2)C(=O)N=C1SCC(=O)NC(c1ccccc1)c1ccccc1. The predicted octanol–water partition coefficient (Wildman–Crippen LogP) is 9.47. The Balaban J connectivity index is 1.42. The lowest BCUT2D eigenvalue weighted by Gasteiger charge is -2.28. The number of carbonyl (C=O) groups is 3. The molecule has 0 fully saturated rings. The van der Waals surface area contributed by atoms with Gasteiger partial charge in [-0.25, -0.2) is 0 Å². The monoisotopic (exact) mass is 809 g/mol. The lowest BCUT2D eigenvalue weighted by Crippen LogP contribution is -2.42. The Kier molecular flexibility index (Phi) is 14.1. The average Bonchev–Trinajstić information content (AvgIpc) is 3.16. The van der Waals surface area contributed by atoms with Crippen LogP contribution in [0.2, 0.25) is 5.02 Å². The summed E-state index contributed by atoms with van der Waals surface area (Å²) in [5, 5.41) is 3.81. The van der Waals surface area contributed by atoms with Crippen LogP contribution in [0.25, 0.3) is 6.08 Å². The second-order valence-corrected chi connectivity index (χ2v) is 13.7. The fourth-order valence-corrected chi connectivity index (χ4v) is 6.88. The summed E-state index contributed by atoms with van der Waals surface area (Å²) in [4.78, 5) is 46.9. The van der Waals surface area contributed by atoms with Gasteiger partial charge in [0, 0.05) is 10.7 Å². The number of nitrogens with zero attached hydrogens (tertiary/aromatic N) is 2. The first-order valence-electron chi connectivity index (χ1n) is 16.7. The van der Waals surface area contributed by atoms with Crippen LogP contribution in [0.3, 0.4) is 0 Å². The standard InChI is InChI=1S/C42H37BrClN3O5S/c1-4-7-18-33(5-2)47-41(50)34(23-29-24-35(43)39(36(25-29)51-6-3)52-26-28-19-21-32(44)22-20-28)40(49)46-42(47)53-27-37(48)45-38(30-14-10-8-11-15-30)31-16-12-9-13-17-31/h4-5,7-25,38H,1,6,26-27H2,2-3H3,(H,45,48)/b18-7-,33-5+,34-23+. The van der Waals surface area contributed by atoms with Crippen molar-refractivity contribution in [2.24, 2.45) is 4.99 Å². The van der Waals surface area contributed by atoms with Crippen molar-refractivity contribution in [3.63, 3.8) is 0 Å². The van der Waals surface area contributed by atoms with Crippen LogP contribution in [-0.4, -0.2) is 40.1 Å². The number of carbonyl (C=O) groups excluding carboxylic acids is 3. The van der Waals surface area contributed by atoms with E-state index >= 15 is 0 Å². The smallest absolute Gasteiger partial charge is 0.285 e. The van der Waals surface area contributed by atoms with Crippen molar-refractivity contribution in [3.05, 3.63) is 171 Å². The number of amidine groups is 1. The van der Waals surface area contributed by atoms with E-state index in [-0.39, 0.29) is 29.0 Å². The molecule has 11 heteroatoms. The molecule has 0 atom stereocenters. The van der Waals surface area contributed by atoms with E-state index in [1.165, 1.54) is 11.0 Å².